The summed E-state index contributed by atoms with van der Waals surface area (Å²) in [6.45, 7) is 6.85. The van der Waals surface area contributed by atoms with Crippen LogP contribution in [0.1, 0.15) is 290 Å². The van der Waals surface area contributed by atoms with Crippen molar-refractivity contribution in [3.8, 4) is 0 Å². The predicted molar refractivity (Wildman–Crippen MR) is 231 cm³/mol. The van der Waals surface area contributed by atoms with Crippen molar-refractivity contribution in [3.63, 3.8) is 0 Å². The molecule has 1 N–H and O–H groups in total. The highest BCUT2D eigenvalue weighted by Gasteiger charge is 2.31. The molecule has 0 spiro atoms. The minimum atomic E-state index is -0.871. The van der Waals surface area contributed by atoms with Gasteiger partial charge in [0.15, 0.2) is 0 Å². The molecular weight excluding hydrogens is 637 g/mol. The first kappa shape index (κ1) is 51.1. The van der Waals surface area contributed by atoms with Gasteiger partial charge in [0.2, 0.25) is 0 Å². The number of aliphatic carboxylic acids is 1. The summed E-state index contributed by atoms with van der Waals surface area (Å²) in [7, 11) is 0. The van der Waals surface area contributed by atoms with Gasteiger partial charge in [-0.3, -0.25) is 9.59 Å². The van der Waals surface area contributed by atoms with Crippen molar-refractivity contribution in [2.24, 2.45) is 11.8 Å². The fourth-order valence-corrected chi connectivity index (χ4v) is 8.28. The number of ketones is 1. The molecule has 0 aromatic rings. The second-order valence-corrected chi connectivity index (χ2v) is 17.1. The summed E-state index contributed by atoms with van der Waals surface area (Å²) in [5.74, 6) is -1.65. The average Bonchev–Trinajstić information content (AvgIpc) is 3.14. The number of carbonyl (C=O) groups excluding carboxylic acids is 1. The monoisotopic (exact) mass is 733 g/mol. The molecule has 0 heterocycles. The molecule has 310 valence electrons. The number of carboxylic acids is 1. The first-order chi connectivity index (χ1) is 25.6. The van der Waals surface area contributed by atoms with Crippen molar-refractivity contribution in [3.05, 3.63) is 0 Å². The van der Waals surface area contributed by atoms with Crippen LogP contribution in [-0.2, 0) is 9.59 Å². The SMILES string of the molecule is CCCCCCCCCCCCCCCCC(CCCCCCCCCCCCC)C(=O)C(CCCCCCCCCCCCCCCC)C(=O)O. The first-order valence-electron chi connectivity index (χ1n) is 24.3. The second kappa shape index (κ2) is 42.9. The normalized spacial score (nSPS) is 12.8. The number of carbonyl (C=O) groups is 2. The Kier molecular flexibility index (Phi) is 42.2. The Bertz CT molecular complexity index is 717. The summed E-state index contributed by atoms with van der Waals surface area (Å²) < 4.78 is 0. The summed E-state index contributed by atoms with van der Waals surface area (Å²) in [5.41, 5.74) is 0. The van der Waals surface area contributed by atoms with Crippen LogP contribution in [0, 0.1) is 11.8 Å². The summed E-state index contributed by atoms with van der Waals surface area (Å²) in [6.07, 6.45) is 53.6. The number of hydrogen-bond donors (Lipinski definition) is 1. The van der Waals surface area contributed by atoms with Crippen LogP contribution in [0.3, 0.4) is 0 Å². The zero-order chi connectivity index (χ0) is 38.0. The molecule has 0 bridgehead atoms. The van der Waals surface area contributed by atoms with Crippen LogP contribution < -0.4 is 0 Å². The fraction of sp³-hybridized carbons (Fsp3) is 0.959. The van der Waals surface area contributed by atoms with Gasteiger partial charge >= 0.3 is 5.97 Å². The molecule has 0 rings (SSSR count). The van der Waals surface area contributed by atoms with Gasteiger partial charge in [-0.2, -0.15) is 0 Å². The van der Waals surface area contributed by atoms with Gasteiger partial charge in [0.05, 0.1) is 0 Å². The van der Waals surface area contributed by atoms with Gasteiger partial charge in [-0.05, 0) is 19.3 Å². The first-order valence-corrected chi connectivity index (χ1v) is 24.3. The molecule has 0 aliphatic carbocycles. The molecule has 52 heavy (non-hydrogen) atoms. The van der Waals surface area contributed by atoms with E-state index < -0.39 is 11.9 Å². The molecule has 0 radical (unpaired) electrons. The lowest BCUT2D eigenvalue weighted by atomic mass is 9.82. The van der Waals surface area contributed by atoms with Crippen LogP contribution in [0.25, 0.3) is 0 Å². The summed E-state index contributed by atoms with van der Waals surface area (Å²) >= 11 is 0. The molecule has 0 aliphatic rings. The van der Waals surface area contributed by atoms with Gasteiger partial charge < -0.3 is 5.11 Å². The molecule has 0 fully saturated rings. The molecule has 3 nitrogen and oxygen atoms in total. The van der Waals surface area contributed by atoms with E-state index in [0.29, 0.717) is 6.42 Å². The minimum absolute atomic E-state index is 0.0522. The zero-order valence-electron chi connectivity index (χ0n) is 36.1. The smallest absolute Gasteiger partial charge is 0.314 e. The molecule has 0 saturated carbocycles. The fourth-order valence-electron chi connectivity index (χ4n) is 8.28. The quantitative estimate of drug-likeness (QED) is 0.0501. The van der Waals surface area contributed by atoms with Gasteiger partial charge in [0, 0.05) is 5.92 Å². The third kappa shape index (κ3) is 36.1. The molecule has 0 amide bonds. The highest BCUT2D eigenvalue weighted by molar-refractivity contribution is 5.99. The van der Waals surface area contributed by atoms with Crippen LogP contribution in [0.5, 0.6) is 0 Å². The molecule has 0 aromatic carbocycles. The topological polar surface area (TPSA) is 54.4 Å². The largest absolute Gasteiger partial charge is 0.481 e. The van der Waals surface area contributed by atoms with Gasteiger partial charge in [0.1, 0.15) is 11.7 Å². The molecular formula is C49H96O3. The highest BCUT2D eigenvalue weighted by Crippen LogP contribution is 2.26. The lowest BCUT2D eigenvalue weighted by Gasteiger charge is -2.20. The molecule has 2 atom stereocenters. The van der Waals surface area contributed by atoms with Crippen molar-refractivity contribution in [2.75, 3.05) is 0 Å². The number of rotatable bonds is 45. The minimum Gasteiger partial charge on any atom is -0.481 e. The predicted octanol–water partition coefficient (Wildman–Crippen LogP) is 17.3. The highest BCUT2D eigenvalue weighted by atomic mass is 16.4. The molecule has 3 heteroatoms. The van der Waals surface area contributed by atoms with Crippen molar-refractivity contribution in [2.45, 2.75) is 290 Å². The third-order valence-electron chi connectivity index (χ3n) is 12.0. The van der Waals surface area contributed by atoms with Gasteiger partial charge in [-0.1, -0.05) is 271 Å². The average molecular weight is 733 g/mol. The second-order valence-electron chi connectivity index (χ2n) is 17.1. The molecule has 2 unspecified atom stereocenters. The van der Waals surface area contributed by atoms with Crippen LogP contribution in [0.2, 0.25) is 0 Å². The molecule has 0 aliphatic heterocycles. The van der Waals surface area contributed by atoms with E-state index in [1.165, 1.54) is 225 Å². The van der Waals surface area contributed by atoms with E-state index in [9.17, 15) is 14.7 Å². The van der Waals surface area contributed by atoms with Crippen molar-refractivity contribution >= 4 is 11.8 Å². The van der Waals surface area contributed by atoms with Crippen molar-refractivity contribution in [1.29, 1.82) is 0 Å². The number of hydrogen-bond acceptors (Lipinski definition) is 2. The summed E-state index contributed by atoms with van der Waals surface area (Å²) in [4.78, 5) is 26.1. The van der Waals surface area contributed by atoms with Crippen LogP contribution >= 0.6 is 0 Å². The third-order valence-corrected chi connectivity index (χ3v) is 12.0. The number of unbranched alkanes of at least 4 members (excludes halogenated alkanes) is 36. The Hall–Kier alpha value is -0.860. The molecule has 0 aromatic heterocycles. The number of Topliss-reactive ketones (excluding diaryl/α,β-unsaturated/α-hetero) is 1. The van der Waals surface area contributed by atoms with Crippen LogP contribution in [-0.4, -0.2) is 16.9 Å². The van der Waals surface area contributed by atoms with E-state index in [4.69, 9.17) is 0 Å². The Morgan fingerprint density at radius 3 is 0.712 bits per heavy atom. The van der Waals surface area contributed by atoms with E-state index in [-0.39, 0.29) is 11.7 Å². The van der Waals surface area contributed by atoms with E-state index in [1.54, 1.807) is 0 Å². The Balaban J connectivity index is 4.43. The maximum Gasteiger partial charge on any atom is 0.314 e. The van der Waals surface area contributed by atoms with Crippen molar-refractivity contribution in [1.82, 2.24) is 0 Å². The Labute approximate surface area is 327 Å². The van der Waals surface area contributed by atoms with Crippen molar-refractivity contribution < 1.29 is 14.7 Å². The number of carboxylic acid groups (broad SMARTS) is 1. The van der Waals surface area contributed by atoms with Crippen LogP contribution in [0.4, 0.5) is 0 Å². The van der Waals surface area contributed by atoms with Gasteiger partial charge in [0.25, 0.3) is 0 Å². The Morgan fingerprint density at radius 1 is 0.308 bits per heavy atom. The zero-order valence-corrected chi connectivity index (χ0v) is 36.1. The summed E-state index contributed by atoms with van der Waals surface area (Å²) in [5, 5.41) is 10.1. The standard InChI is InChI=1S/C49H96O3/c1-4-7-10-13-16-19-22-24-26-29-32-35-38-41-44-46(43-40-37-34-31-28-21-18-15-12-9-6-3)48(50)47(49(51)52)45-42-39-36-33-30-27-25-23-20-17-14-11-8-5-2/h46-47H,4-45H2,1-3H3,(H,51,52). The van der Waals surface area contributed by atoms with E-state index in [2.05, 4.69) is 20.8 Å². The maximum absolute atomic E-state index is 13.7. The van der Waals surface area contributed by atoms with Gasteiger partial charge in [-0.25, -0.2) is 0 Å². The van der Waals surface area contributed by atoms with E-state index in [0.717, 1.165) is 38.5 Å². The Morgan fingerprint density at radius 2 is 0.500 bits per heavy atom. The maximum atomic E-state index is 13.7. The lowest BCUT2D eigenvalue weighted by molar-refractivity contribution is -0.148. The van der Waals surface area contributed by atoms with Gasteiger partial charge in [-0.15, -0.1) is 0 Å². The van der Waals surface area contributed by atoms with Crippen LogP contribution in [0.15, 0.2) is 0 Å². The summed E-state index contributed by atoms with van der Waals surface area (Å²) in [6, 6.07) is 0. The van der Waals surface area contributed by atoms with E-state index in [1.807, 2.05) is 0 Å². The lowest BCUT2D eigenvalue weighted by Crippen LogP contribution is -2.30. The van der Waals surface area contributed by atoms with E-state index >= 15 is 0 Å². The molecule has 0 saturated heterocycles.